The molecule has 0 spiro atoms. The molecule has 1 rings (SSSR count). The molecular weight excluding hydrogens is 178 g/mol. The molecule has 4 nitrogen and oxygen atoms in total. The molecule has 0 saturated heterocycles. The number of aliphatic hydroxyl groups excluding tert-OH is 1. The third-order valence-electron chi connectivity index (χ3n) is 2.36. The number of aromatic nitrogens is 2. The van der Waals surface area contributed by atoms with E-state index in [2.05, 4.69) is 31.2 Å². The summed E-state index contributed by atoms with van der Waals surface area (Å²) < 4.78 is 1.73. The summed E-state index contributed by atoms with van der Waals surface area (Å²) in [4.78, 5) is 0. The highest BCUT2D eigenvalue weighted by Crippen LogP contribution is 2.10. The van der Waals surface area contributed by atoms with Gasteiger partial charge in [-0.15, -0.1) is 0 Å². The van der Waals surface area contributed by atoms with Crippen LogP contribution in [-0.4, -0.2) is 27.5 Å². The average molecular weight is 197 g/mol. The molecular formula is C10H19N3O. The lowest BCUT2D eigenvalue weighted by molar-refractivity contribution is 0.269. The fraction of sp³-hybridized carbons (Fsp3) is 0.700. The molecule has 1 unspecified atom stereocenters. The first-order valence-electron chi connectivity index (χ1n) is 5.03. The van der Waals surface area contributed by atoms with Crippen molar-refractivity contribution in [3.8, 4) is 0 Å². The molecule has 4 heteroatoms. The van der Waals surface area contributed by atoms with Crippen LogP contribution in [0.2, 0.25) is 0 Å². The van der Waals surface area contributed by atoms with Gasteiger partial charge < -0.3 is 10.4 Å². The van der Waals surface area contributed by atoms with E-state index in [-0.39, 0.29) is 6.61 Å². The van der Waals surface area contributed by atoms with Gasteiger partial charge in [-0.25, -0.2) is 0 Å². The van der Waals surface area contributed by atoms with Gasteiger partial charge in [0.1, 0.15) is 0 Å². The Kier molecular flexibility index (Phi) is 3.95. The molecule has 80 valence electrons. The number of nitrogens with one attached hydrogen (secondary N) is 1. The van der Waals surface area contributed by atoms with Gasteiger partial charge in [0.05, 0.1) is 25.0 Å². The van der Waals surface area contributed by atoms with E-state index in [0.717, 1.165) is 5.69 Å². The van der Waals surface area contributed by atoms with Gasteiger partial charge in [-0.3, -0.25) is 4.68 Å². The highest BCUT2D eigenvalue weighted by Gasteiger charge is 2.07. The summed E-state index contributed by atoms with van der Waals surface area (Å²) in [5, 5.41) is 16.2. The van der Waals surface area contributed by atoms with Crippen LogP contribution in [0.4, 0.5) is 5.69 Å². The van der Waals surface area contributed by atoms with Gasteiger partial charge in [-0.05, 0) is 12.8 Å². The van der Waals surface area contributed by atoms with Crippen LogP contribution in [0.5, 0.6) is 0 Å². The highest BCUT2D eigenvalue weighted by molar-refractivity contribution is 5.39. The summed E-state index contributed by atoms with van der Waals surface area (Å²) in [5.74, 6) is 0.594. The minimum absolute atomic E-state index is 0.126. The molecule has 1 heterocycles. The lowest BCUT2D eigenvalue weighted by Crippen LogP contribution is -2.21. The van der Waals surface area contributed by atoms with Crippen molar-refractivity contribution in [2.75, 3.05) is 11.9 Å². The van der Waals surface area contributed by atoms with Gasteiger partial charge in [0, 0.05) is 12.2 Å². The topological polar surface area (TPSA) is 50.1 Å². The summed E-state index contributed by atoms with van der Waals surface area (Å²) in [6.07, 6.45) is 3.70. The Morgan fingerprint density at radius 1 is 1.50 bits per heavy atom. The molecule has 0 saturated carbocycles. The molecule has 0 bridgehead atoms. The van der Waals surface area contributed by atoms with Crippen molar-refractivity contribution >= 4 is 5.69 Å². The van der Waals surface area contributed by atoms with E-state index in [1.807, 2.05) is 6.20 Å². The van der Waals surface area contributed by atoms with E-state index in [4.69, 9.17) is 5.11 Å². The summed E-state index contributed by atoms with van der Waals surface area (Å²) in [5.41, 5.74) is 1.01. The second-order valence-electron chi connectivity index (χ2n) is 3.89. The molecule has 0 amide bonds. The van der Waals surface area contributed by atoms with Crippen molar-refractivity contribution in [3.63, 3.8) is 0 Å². The van der Waals surface area contributed by atoms with E-state index in [1.54, 1.807) is 10.9 Å². The smallest absolute Gasteiger partial charge is 0.0728 e. The van der Waals surface area contributed by atoms with Gasteiger partial charge in [-0.1, -0.05) is 13.8 Å². The van der Waals surface area contributed by atoms with Crippen LogP contribution in [0.1, 0.15) is 20.8 Å². The summed E-state index contributed by atoms with van der Waals surface area (Å²) >= 11 is 0. The largest absolute Gasteiger partial charge is 0.394 e. The third kappa shape index (κ3) is 3.03. The fourth-order valence-corrected chi connectivity index (χ4v) is 1.09. The van der Waals surface area contributed by atoms with E-state index >= 15 is 0 Å². The van der Waals surface area contributed by atoms with E-state index in [1.165, 1.54) is 0 Å². The molecule has 0 aliphatic carbocycles. The summed E-state index contributed by atoms with van der Waals surface area (Å²) in [7, 11) is 0. The van der Waals surface area contributed by atoms with Crippen molar-refractivity contribution < 1.29 is 5.11 Å². The Hall–Kier alpha value is -1.03. The third-order valence-corrected chi connectivity index (χ3v) is 2.36. The van der Waals surface area contributed by atoms with Crippen LogP contribution in [0.3, 0.4) is 0 Å². The highest BCUT2D eigenvalue weighted by atomic mass is 16.3. The van der Waals surface area contributed by atoms with Crippen molar-refractivity contribution in [2.24, 2.45) is 5.92 Å². The lowest BCUT2D eigenvalue weighted by atomic mass is 10.1. The molecule has 0 radical (unpaired) electrons. The molecule has 1 atom stereocenters. The number of nitrogens with zero attached hydrogens (tertiary/aromatic N) is 2. The van der Waals surface area contributed by atoms with Crippen molar-refractivity contribution in [1.29, 1.82) is 0 Å². The second kappa shape index (κ2) is 5.00. The maximum Gasteiger partial charge on any atom is 0.0728 e. The maximum absolute atomic E-state index is 8.72. The maximum atomic E-state index is 8.72. The first-order valence-corrected chi connectivity index (χ1v) is 5.03. The Morgan fingerprint density at radius 2 is 2.21 bits per heavy atom. The lowest BCUT2D eigenvalue weighted by Gasteiger charge is -2.16. The van der Waals surface area contributed by atoms with Gasteiger partial charge in [0.25, 0.3) is 0 Å². The predicted molar refractivity (Wildman–Crippen MR) is 57.2 cm³/mol. The Morgan fingerprint density at radius 3 is 2.79 bits per heavy atom. The Balaban J connectivity index is 2.50. The van der Waals surface area contributed by atoms with Gasteiger partial charge in [-0.2, -0.15) is 5.10 Å². The van der Waals surface area contributed by atoms with Crippen LogP contribution in [0.15, 0.2) is 12.4 Å². The van der Waals surface area contributed by atoms with Crippen LogP contribution < -0.4 is 5.32 Å². The molecule has 2 N–H and O–H groups in total. The normalized spacial score (nSPS) is 13.2. The molecule has 0 fully saturated rings. The van der Waals surface area contributed by atoms with Gasteiger partial charge >= 0.3 is 0 Å². The Bertz CT molecular complexity index is 270. The molecule has 1 aromatic rings. The number of aliphatic hydroxyl groups is 1. The monoisotopic (exact) mass is 197 g/mol. The van der Waals surface area contributed by atoms with Crippen molar-refractivity contribution in [1.82, 2.24) is 9.78 Å². The van der Waals surface area contributed by atoms with E-state index < -0.39 is 0 Å². The van der Waals surface area contributed by atoms with Crippen LogP contribution >= 0.6 is 0 Å². The number of hydrogen-bond acceptors (Lipinski definition) is 3. The molecule has 0 aliphatic rings. The number of anilines is 1. The minimum Gasteiger partial charge on any atom is -0.394 e. The minimum atomic E-state index is 0.126. The van der Waals surface area contributed by atoms with E-state index in [9.17, 15) is 0 Å². The molecule has 1 aromatic heterocycles. The molecule has 14 heavy (non-hydrogen) atoms. The zero-order valence-corrected chi connectivity index (χ0v) is 9.07. The average Bonchev–Trinajstić information content (AvgIpc) is 2.53. The first-order chi connectivity index (χ1) is 6.63. The van der Waals surface area contributed by atoms with Gasteiger partial charge in [0.2, 0.25) is 0 Å². The predicted octanol–water partition coefficient (Wildman–Crippen LogP) is 1.33. The first kappa shape index (κ1) is 11.0. The standard InChI is InChI=1S/C10H19N3O/c1-8(2)9(3)12-10-6-11-13(7-10)4-5-14/h6-9,12,14H,4-5H2,1-3H3. The second-order valence-corrected chi connectivity index (χ2v) is 3.89. The van der Waals surface area contributed by atoms with Crippen molar-refractivity contribution in [3.05, 3.63) is 12.4 Å². The zero-order valence-electron chi connectivity index (χ0n) is 9.07. The number of rotatable bonds is 5. The number of hydrogen-bond donors (Lipinski definition) is 2. The van der Waals surface area contributed by atoms with Crippen LogP contribution in [-0.2, 0) is 6.54 Å². The SMILES string of the molecule is CC(C)C(C)Nc1cnn(CCO)c1. The van der Waals surface area contributed by atoms with E-state index in [0.29, 0.717) is 18.5 Å². The fourth-order valence-electron chi connectivity index (χ4n) is 1.09. The van der Waals surface area contributed by atoms with Crippen LogP contribution in [0.25, 0.3) is 0 Å². The summed E-state index contributed by atoms with van der Waals surface area (Å²) in [6.45, 7) is 7.18. The van der Waals surface area contributed by atoms with Crippen molar-refractivity contribution in [2.45, 2.75) is 33.4 Å². The summed E-state index contributed by atoms with van der Waals surface area (Å²) in [6, 6.07) is 0.432. The quantitative estimate of drug-likeness (QED) is 0.748. The zero-order chi connectivity index (χ0) is 10.6. The Labute approximate surface area is 84.9 Å². The molecule has 0 aliphatic heterocycles. The van der Waals surface area contributed by atoms with Gasteiger partial charge in [0.15, 0.2) is 0 Å². The van der Waals surface area contributed by atoms with Crippen LogP contribution in [0, 0.1) is 5.92 Å². The molecule has 0 aromatic carbocycles.